The van der Waals surface area contributed by atoms with Gasteiger partial charge in [-0.1, -0.05) is 35.0 Å². The molecule has 2 N–H and O–H groups in total. The van der Waals surface area contributed by atoms with Crippen LogP contribution in [0, 0.1) is 0 Å². The topological polar surface area (TPSA) is 8.88 Å². The van der Waals surface area contributed by atoms with Crippen molar-refractivity contribution >= 4 is 15.9 Å². The molecule has 0 aromatic heterocycles. The van der Waals surface area contributed by atoms with E-state index in [1.54, 1.807) is 9.80 Å². The summed E-state index contributed by atoms with van der Waals surface area (Å²) in [5.41, 5.74) is 1.46. The average Bonchev–Trinajstić information content (AvgIpc) is 2.41. The van der Waals surface area contributed by atoms with Gasteiger partial charge in [0.05, 0.1) is 6.04 Å². The molecule has 2 nitrogen and oxygen atoms in total. The van der Waals surface area contributed by atoms with Gasteiger partial charge in [0, 0.05) is 10.0 Å². The summed E-state index contributed by atoms with van der Waals surface area (Å²) in [6, 6.07) is 9.61. The molecule has 2 rings (SSSR count). The fraction of sp³-hybridized carbons (Fsp3) is 0.600. The van der Waals surface area contributed by atoms with Crippen LogP contribution in [0.2, 0.25) is 0 Å². The molecule has 0 spiro atoms. The minimum absolute atomic E-state index is 0.833. The van der Waals surface area contributed by atoms with Gasteiger partial charge in [-0.2, -0.15) is 0 Å². The van der Waals surface area contributed by atoms with E-state index < -0.39 is 0 Å². The summed E-state index contributed by atoms with van der Waals surface area (Å²) in [6.07, 6.45) is 1.30. The van der Waals surface area contributed by atoms with Crippen molar-refractivity contribution in [1.82, 2.24) is 0 Å². The minimum Gasteiger partial charge on any atom is -0.323 e. The van der Waals surface area contributed by atoms with Crippen molar-refractivity contribution in [3.05, 3.63) is 34.3 Å². The molecule has 18 heavy (non-hydrogen) atoms. The highest BCUT2D eigenvalue weighted by Gasteiger charge is 2.25. The second-order valence-corrected chi connectivity index (χ2v) is 6.44. The molecule has 0 bridgehead atoms. The molecule has 100 valence electrons. The number of rotatable bonds is 4. The Morgan fingerprint density at radius 2 is 1.72 bits per heavy atom. The van der Waals surface area contributed by atoms with Crippen LogP contribution in [0.1, 0.15) is 25.8 Å². The number of halogens is 1. The molecule has 0 amide bonds. The first-order valence-electron chi connectivity index (χ1n) is 7.11. The van der Waals surface area contributed by atoms with Gasteiger partial charge >= 0.3 is 0 Å². The van der Waals surface area contributed by atoms with E-state index in [1.807, 2.05) is 0 Å². The summed E-state index contributed by atoms with van der Waals surface area (Å²) in [5.74, 6) is 0. The Balaban J connectivity index is 1.81. The lowest BCUT2D eigenvalue weighted by Crippen LogP contribution is -3.29. The highest BCUT2D eigenvalue weighted by Crippen LogP contribution is 2.09. The normalized spacial score (nSPS) is 25.9. The highest BCUT2D eigenvalue weighted by molar-refractivity contribution is 9.10. The van der Waals surface area contributed by atoms with Gasteiger partial charge in [-0.3, -0.25) is 0 Å². The van der Waals surface area contributed by atoms with Crippen LogP contribution in [0.4, 0.5) is 0 Å². The Morgan fingerprint density at radius 1 is 1.11 bits per heavy atom. The average molecular weight is 313 g/mol. The molecule has 1 aliphatic heterocycles. The molecular weight excluding hydrogens is 288 g/mol. The van der Waals surface area contributed by atoms with E-state index in [4.69, 9.17) is 0 Å². The summed E-state index contributed by atoms with van der Waals surface area (Å²) < 4.78 is 1.17. The summed E-state index contributed by atoms with van der Waals surface area (Å²) in [6.45, 7) is 11.2. The molecule has 0 radical (unpaired) electrons. The summed E-state index contributed by atoms with van der Waals surface area (Å²) in [4.78, 5) is 3.54. The standard InChI is InChI=1S/C15H23BrN2/c1-3-13(2)18-10-8-17(9-11-18)12-14-4-6-15(16)7-5-14/h4-7,13H,3,8-12H2,1-2H3/p+2/t13-/m0/s1. The van der Waals surface area contributed by atoms with Crippen molar-refractivity contribution in [2.75, 3.05) is 26.2 Å². The third-order valence-electron chi connectivity index (χ3n) is 4.28. The van der Waals surface area contributed by atoms with E-state index >= 15 is 0 Å². The van der Waals surface area contributed by atoms with Crippen LogP contribution >= 0.6 is 15.9 Å². The second-order valence-electron chi connectivity index (χ2n) is 5.52. The molecule has 0 aliphatic carbocycles. The van der Waals surface area contributed by atoms with Gasteiger partial charge in [0.25, 0.3) is 0 Å². The van der Waals surface area contributed by atoms with Crippen molar-refractivity contribution in [2.24, 2.45) is 0 Å². The summed E-state index contributed by atoms with van der Waals surface area (Å²) in [7, 11) is 0. The number of piperazine rings is 1. The first-order chi connectivity index (χ1) is 8.69. The molecule has 0 saturated carbocycles. The Morgan fingerprint density at radius 3 is 2.28 bits per heavy atom. The van der Waals surface area contributed by atoms with Gasteiger partial charge in [0.15, 0.2) is 0 Å². The Hall–Kier alpha value is -0.380. The molecular formula is C15H25BrN2+2. The van der Waals surface area contributed by atoms with E-state index in [1.165, 1.54) is 49.2 Å². The van der Waals surface area contributed by atoms with Crippen LogP contribution in [-0.2, 0) is 6.54 Å². The zero-order chi connectivity index (χ0) is 13.0. The maximum absolute atomic E-state index is 3.49. The number of hydrogen-bond acceptors (Lipinski definition) is 0. The molecule has 1 atom stereocenters. The largest absolute Gasteiger partial charge is 0.323 e. The van der Waals surface area contributed by atoms with Gasteiger partial charge in [-0.15, -0.1) is 0 Å². The second kappa shape index (κ2) is 6.69. The number of benzene rings is 1. The summed E-state index contributed by atoms with van der Waals surface area (Å²) in [5, 5.41) is 0. The van der Waals surface area contributed by atoms with Crippen molar-refractivity contribution in [2.45, 2.75) is 32.9 Å². The van der Waals surface area contributed by atoms with Crippen LogP contribution in [-0.4, -0.2) is 32.2 Å². The molecule has 1 heterocycles. The van der Waals surface area contributed by atoms with Crippen molar-refractivity contribution in [1.29, 1.82) is 0 Å². The molecule has 1 aliphatic rings. The van der Waals surface area contributed by atoms with E-state index in [2.05, 4.69) is 54.0 Å². The first-order valence-corrected chi connectivity index (χ1v) is 7.91. The lowest BCUT2D eigenvalue weighted by atomic mass is 10.1. The minimum atomic E-state index is 0.833. The van der Waals surface area contributed by atoms with E-state index in [0.29, 0.717) is 0 Å². The lowest BCUT2D eigenvalue weighted by Gasteiger charge is -2.33. The predicted octanol–water partition coefficient (Wildman–Crippen LogP) is 0.531. The molecule has 1 fully saturated rings. The zero-order valence-electron chi connectivity index (χ0n) is 11.5. The van der Waals surface area contributed by atoms with E-state index in [9.17, 15) is 0 Å². The Bertz CT molecular complexity index is 355. The smallest absolute Gasteiger partial charge is 0.127 e. The number of quaternary nitrogens is 2. The van der Waals surface area contributed by atoms with Gasteiger partial charge < -0.3 is 9.80 Å². The molecule has 1 saturated heterocycles. The zero-order valence-corrected chi connectivity index (χ0v) is 13.1. The SMILES string of the molecule is CC[C@H](C)[NH+]1CC[NH+](Cc2ccc(Br)cc2)CC1. The third kappa shape index (κ3) is 3.81. The van der Waals surface area contributed by atoms with Crippen LogP contribution in [0.15, 0.2) is 28.7 Å². The fourth-order valence-corrected chi connectivity index (χ4v) is 3.04. The fourth-order valence-electron chi connectivity index (χ4n) is 2.77. The van der Waals surface area contributed by atoms with Crippen LogP contribution < -0.4 is 9.80 Å². The van der Waals surface area contributed by atoms with Crippen LogP contribution in [0.5, 0.6) is 0 Å². The highest BCUT2D eigenvalue weighted by atomic mass is 79.9. The molecule has 0 unspecified atom stereocenters. The number of nitrogens with one attached hydrogen (secondary N) is 2. The maximum Gasteiger partial charge on any atom is 0.127 e. The predicted molar refractivity (Wildman–Crippen MR) is 79.0 cm³/mol. The Labute approximate surface area is 119 Å². The first kappa shape index (κ1) is 14.0. The molecule has 1 aromatic rings. The molecule has 3 heteroatoms. The van der Waals surface area contributed by atoms with Crippen molar-refractivity contribution in [3.8, 4) is 0 Å². The number of hydrogen-bond donors (Lipinski definition) is 2. The van der Waals surface area contributed by atoms with Crippen LogP contribution in [0.25, 0.3) is 0 Å². The van der Waals surface area contributed by atoms with E-state index in [-0.39, 0.29) is 0 Å². The maximum atomic E-state index is 3.49. The van der Waals surface area contributed by atoms with Crippen molar-refractivity contribution in [3.63, 3.8) is 0 Å². The third-order valence-corrected chi connectivity index (χ3v) is 4.80. The molecule has 1 aromatic carbocycles. The van der Waals surface area contributed by atoms with Crippen molar-refractivity contribution < 1.29 is 9.80 Å². The van der Waals surface area contributed by atoms with Gasteiger partial charge in [0.2, 0.25) is 0 Å². The van der Waals surface area contributed by atoms with Crippen LogP contribution in [0.3, 0.4) is 0 Å². The Kier molecular flexibility index (Phi) is 5.22. The van der Waals surface area contributed by atoms with Gasteiger partial charge in [0.1, 0.15) is 32.7 Å². The lowest BCUT2D eigenvalue weighted by molar-refractivity contribution is -1.03. The monoisotopic (exact) mass is 312 g/mol. The quantitative estimate of drug-likeness (QED) is 0.802. The summed E-state index contributed by atoms with van der Waals surface area (Å²) >= 11 is 3.49. The van der Waals surface area contributed by atoms with E-state index in [0.717, 1.165) is 6.04 Å². The van der Waals surface area contributed by atoms with Gasteiger partial charge in [-0.05, 0) is 25.5 Å². The van der Waals surface area contributed by atoms with Gasteiger partial charge in [-0.25, -0.2) is 0 Å².